The smallest absolute Gasteiger partial charge is 0.337 e. The summed E-state index contributed by atoms with van der Waals surface area (Å²) in [4.78, 5) is 21.9. The molecular weight excluding hydrogens is 194 g/mol. The molecule has 0 heterocycles. The van der Waals surface area contributed by atoms with Crippen molar-refractivity contribution in [1.29, 1.82) is 0 Å². The van der Waals surface area contributed by atoms with E-state index >= 15 is 0 Å². The molecule has 0 bridgehead atoms. The third kappa shape index (κ3) is 2.85. The van der Waals surface area contributed by atoms with Crippen LogP contribution in [0.4, 0.5) is 5.69 Å². The Morgan fingerprint density at radius 2 is 2.00 bits per heavy atom. The fourth-order valence-electron chi connectivity index (χ4n) is 1.05. The van der Waals surface area contributed by atoms with Crippen LogP contribution in [-0.2, 0) is 4.79 Å². The molecule has 0 aliphatic carbocycles. The van der Waals surface area contributed by atoms with Crippen LogP contribution < -0.4 is 5.32 Å². The quantitative estimate of drug-likeness (QED) is 0.713. The highest BCUT2D eigenvalue weighted by Gasteiger charge is 2.09. The van der Waals surface area contributed by atoms with E-state index in [-0.39, 0.29) is 11.3 Å². The van der Waals surface area contributed by atoms with Crippen molar-refractivity contribution in [1.82, 2.24) is 0 Å². The number of amides is 1. The molecule has 2 N–H and O–H groups in total. The van der Waals surface area contributed by atoms with Gasteiger partial charge in [0, 0.05) is 0 Å². The van der Waals surface area contributed by atoms with Gasteiger partial charge >= 0.3 is 5.97 Å². The fraction of sp³-hybridized carbons (Fsp3) is 0.0909. The molecule has 0 aromatic heterocycles. The highest BCUT2D eigenvalue weighted by atomic mass is 16.4. The third-order valence-corrected chi connectivity index (χ3v) is 1.64. The van der Waals surface area contributed by atoms with Crippen molar-refractivity contribution in [2.75, 3.05) is 5.32 Å². The van der Waals surface area contributed by atoms with Crippen LogP contribution in [0.5, 0.6) is 0 Å². The average molecular weight is 203 g/mol. The molecule has 0 saturated carbocycles. The monoisotopic (exact) mass is 203 g/mol. The minimum Gasteiger partial charge on any atom is -0.478 e. The van der Waals surface area contributed by atoms with E-state index in [0.29, 0.717) is 0 Å². The minimum absolute atomic E-state index is 0.0451. The molecule has 76 valence electrons. The van der Waals surface area contributed by atoms with Crippen molar-refractivity contribution < 1.29 is 14.7 Å². The largest absolute Gasteiger partial charge is 0.478 e. The number of carbonyl (C=O) groups is 2. The van der Waals surface area contributed by atoms with Crippen molar-refractivity contribution in [3.8, 4) is 11.8 Å². The summed E-state index contributed by atoms with van der Waals surface area (Å²) in [7, 11) is 0. The van der Waals surface area contributed by atoms with Gasteiger partial charge in [0.05, 0.1) is 11.3 Å². The lowest BCUT2D eigenvalue weighted by molar-refractivity contribution is -0.111. The molecule has 0 unspecified atom stereocenters. The number of anilines is 1. The van der Waals surface area contributed by atoms with Crippen LogP contribution in [0.1, 0.15) is 17.3 Å². The van der Waals surface area contributed by atoms with Crippen molar-refractivity contribution in [2.24, 2.45) is 0 Å². The van der Waals surface area contributed by atoms with Gasteiger partial charge in [-0.1, -0.05) is 18.1 Å². The van der Waals surface area contributed by atoms with E-state index in [4.69, 9.17) is 5.11 Å². The Bertz CT molecular complexity index is 454. The zero-order valence-electron chi connectivity index (χ0n) is 8.07. The second-order valence-corrected chi connectivity index (χ2v) is 2.68. The van der Waals surface area contributed by atoms with Gasteiger partial charge in [0.1, 0.15) is 0 Å². The fourth-order valence-corrected chi connectivity index (χ4v) is 1.05. The second-order valence-electron chi connectivity index (χ2n) is 2.68. The highest BCUT2D eigenvalue weighted by molar-refractivity contribution is 6.07. The predicted molar refractivity (Wildman–Crippen MR) is 55.5 cm³/mol. The van der Waals surface area contributed by atoms with Crippen LogP contribution in [0.25, 0.3) is 0 Å². The highest BCUT2D eigenvalue weighted by Crippen LogP contribution is 2.14. The Kier molecular flexibility index (Phi) is 3.47. The minimum atomic E-state index is -1.09. The Labute approximate surface area is 86.9 Å². The molecule has 4 nitrogen and oxygen atoms in total. The normalized spacial score (nSPS) is 8.60. The van der Waals surface area contributed by atoms with Crippen LogP contribution in [-0.4, -0.2) is 17.0 Å². The van der Waals surface area contributed by atoms with E-state index in [2.05, 4.69) is 17.2 Å². The summed E-state index contributed by atoms with van der Waals surface area (Å²) in [5, 5.41) is 11.2. The number of rotatable bonds is 2. The number of carboxylic acids is 1. The lowest BCUT2D eigenvalue weighted by atomic mass is 10.2. The molecule has 0 aliphatic rings. The van der Waals surface area contributed by atoms with Crippen LogP contribution in [0, 0.1) is 11.8 Å². The molecule has 1 amide bonds. The van der Waals surface area contributed by atoms with Crippen LogP contribution in [0.15, 0.2) is 24.3 Å². The molecule has 0 radical (unpaired) electrons. The summed E-state index contributed by atoms with van der Waals surface area (Å²) in [6, 6.07) is 6.15. The zero-order valence-corrected chi connectivity index (χ0v) is 8.07. The second kappa shape index (κ2) is 4.82. The molecule has 0 atom stereocenters. The lowest BCUT2D eigenvalue weighted by Crippen LogP contribution is -2.12. The molecule has 0 fully saturated rings. The SMILES string of the molecule is CC#CC(=O)Nc1ccccc1C(=O)O. The Morgan fingerprint density at radius 3 is 2.60 bits per heavy atom. The molecular formula is C11H9NO3. The summed E-state index contributed by atoms with van der Waals surface area (Å²) in [6.45, 7) is 1.53. The van der Waals surface area contributed by atoms with E-state index in [1.807, 2.05) is 0 Å². The van der Waals surface area contributed by atoms with E-state index < -0.39 is 11.9 Å². The molecule has 0 saturated heterocycles. The summed E-state index contributed by atoms with van der Waals surface area (Å²) >= 11 is 0. The van der Waals surface area contributed by atoms with Crippen LogP contribution in [0.2, 0.25) is 0 Å². The summed E-state index contributed by atoms with van der Waals surface area (Å²) in [6.07, 6.45) is 0. The van der Waals surface area contributed by atoms with E-state index in [9.17, 15) is 9.59 Å². The number of carboxylic acid groups (broad SMARTS) is 1. The van der Waals surface area contributed by atoms with Gasteiger partial charge in [-0.15, -0.1) is 0 Å². The first kappa shape index (κ1) is 10.8. The maximum absolute atomic E-state index is 11.1. The molecule has 0 aliphatic heterocycles. The number of benzene rings is 1. The van der Waals surface area contributed by atoms with Crippen molar-refractivity contribution in [3.63, 3.8) is 0 Å². The van der Waals surface area contributed by atoms with Gasteiger partial charge in [0.25, 0.3) is 5.91 Å². The Balaban J connectivity index is 2.97. The number of carbonyl (C=O) groups excluding carboxylic acids is 1. The van der Waals surface area contributed by atoms with E-state index in [1.165, 1.54) is 19.1 Å². The third-order valence-electron chi connectivity index (χ3n) is 1.64. The van der Waals surface area contributed by atoms with Crippen LogP contribution in [0.3, 0.4) is 0 Å². The Morgan fingerprint density at radius 1 is 1.33 bits per heavy atom. The molecule has 1 aromatic rings. The predicted octanol–water partition coefficient (Wildman–Crippen LogP) is 1.35. The number of nitrogens with one attached hydrogen (secondary N) is 1. The lowest BCUT2D eigenvalue weighted by Gasteiger charge is -2.04. The van der Waals surface area contributed by atoms with Crippen molar-refractivity contribution in [2.45, 2.75) is 6.92 Å². The van der Waals surface area contributed by atoms with Gasteiger partial charge in [-0.2, -0.15) is 0 Å². The molecule has 4 heteroatoms. The van der Waals surface area contributed by atoms with E-state index in [1.54, 1.807) is 12.1 Å². The van der Waals surface area contributed by atoms with Crippen LogP contribution >= 0.6 is 0 Å². The number of hydrogen-bond donors (Lipinski definition) is 2. The summed E-state index contributed by atoms with van der Waals surface area (Å²) < 4.78 is 0. The van der Waals surface area contributed by atoms with Gasteiger partial charge in [-0.25, -0.2) is 4.79 Å². The van der Waals surface area contributed by atoms with Crippen molar-refractivity contribution >= 4 is 17.6 Å². The number of para-hydroxylation sites is 1. The van der Waals surface area contributed by atoms with Crippen molar-refractivity contribution in [3.05, 3.63) is 29.8 Å². The maximum Gasteiger partial charge on any atom is 0.337 e. The van der Waals surface area contributed by atoms with E-state index in [0.717, 1.165) is 0 Å². The first-order chi connectivity index (χ1) is 7.15. The molecule has 1 rings (SSSR count). The Hall–Kier alpha value is -2.28. The first-order valence-corrected chi connectivity index (χ1v) is 4.21. The summed E-state index contributed by atoms with van der Waals surface area (Å²) in [5.41, 5.74) is 0.293. The average Bonchev–Trinajstić information content (AvgIpc) is 2.18. The van der Waals surface area contributed by atoms with Gasteiger partial charge in [0.15, 0.2) is 0 Å². The standard InChI is InChI=1S/C11H9NO3/c1-2-5-10(13)12-9-7-4-3-6-8(9)11(14)15/h3-4,6-7H,1H3,(H,12,13)(H,14,15). The van der Waals surface area contributed by atoms with Gasteiger partial charge in [0.2, 0.25) is 0 Å². The first-order valence-electron chi connectivity index (χ1n) is 4.21. The maximum atomic E-state index is 11.1. The number of aromatic carboxylic acids is 1. The molecule has 1 aromatic carbocycles. The summed E-state index contributed by atoms with van der Waals surface area (Å²) in [5.74, 6) is 3.08. The van der Waals surface area contributed by atoms with Gasteiger partial charge in [-0.3, -0.25) is 4.79 Å². The molecule has 0 spiro atoms. The topological polar surface area (TPSA) is 66.4 Å². The van der Waals surface area contributed by atoms with Gasteiger partial charge in [-0.05, 0) is 25.0 Å². The van der Waals surface area contributed by atoms with Gasteiger partial charge < -0.3 is 10.4 Å². The zero-order chi connectivity index (χ0) is 11.3. The number of hydrogen-bond acceptors (Lipinski definition) is 2. The molecule has 15 heavy (non-hydrogen) atoms.